The van der Waals surface area contributed by atoms with Crippen LogP contribution in [0.1, 0.15) is 88.5 Å². The topological polar surface area (TPSA) is 51.8 Å². The standard InChI is InChI=1S/C28H29N2O.C17H22NSi.Ir/c1-17(2)25-11-10-23-22-4-3-5-24(27(22)31-28(23)30-25)26-16-19(12-13-29-26)15-21-14-18-6-8-20(21)9-7-18;1-13(2)15-11-16(14-9-7-6-8-10-14)18-12-17(15)19(3,4)5;/h3-4,10-13,16-18,20-21H,6-9,14-15H2,1-2H3;6-9,11-13H,1-5H3;/q2*-1;. The van der Waals surface area contributed by atoms with E-state index >= 15 is 0 Å². The molecule has 9 rings (SSSR count). The third kappa shape index (κ3) is 8.14. The largest absolute Gasteiger partial charge is 0.486 e. The van der Waals surface area contributed by atoms with E-state index in [9.17, 15) is 0 Å². The Labute approximate surface area is 319 Å². The van der Waals surface area contributed by atoms with Crippen LogP contribution in [-0.4, -0.2) is 23.0 Å². The van der Waals surface area contributed by atoms with Crippen LogP contribution in [0.2, 0.25) is 19.6 Å². The van der Waals surface area contributed by atoms with Gasteiger partial charge in [0.2, 0.25) is 5.71 Å². The Hall–Kier alpha value is -3.44. The summed E-state index contributed by atoms with van der Waals surface area (Å²) in [5.74, 6) is 3.64. The molecule has 4 heterocycles. The third-order valence-corrected chi connectivity index (χ3v) is 13.1. The number of rotatable bonds is 7. The smallest absolute Gasteiger partial charge is 0.216 e. The molecule has 3 aliphatic carbocycles. The van der Waals surface area contributed by atoms with Gasteiger partial charge in [-0.25, -0.2) is 4.98 Å². The Kier molecular flexibility index (Phi) is 11.5. The summed E-state index contributed by atoms with van der Waals surface area (Å²) in [6.45, 7) is 16.0. The predicted molar refractivity (Wildman–Crippen MR) is 211 cm³/mol. The number of hydrogen-bond donors (Lipinski definition) is 0. The maximum atomic E-state index is 6.28. The Morgan fingerprint density at radius 2 is 1.63 bits per heavy atom. The first-order valence-corrected chi connectivity index (χ1v) is 22.2. The molecule has 1 radical (unpaired) electrons. The fourth-order valence-electron chi connectivity index (χ4n) is 8.23. The molecular weight excluding hydrogens is 819 g/mol. The van der Waals surface area contributed by atoms with Crippen molar-refractivity contribution in [2.45, 2.75) is 97.7 Å². The van der Waals surface area contributed by atoms with Gasteiger partial charge in [-0.15, -0.1) is 54.1 Å². The minimum atomic E-state index is -1.34. The minimum absolute atomic E-state index is 0. The minimum Gasteiger partial charge on any atom is -0.486 e. The number of hydrogen-bond acceptors (Lipinski definition) is 4. The SMILES string of the molecule is CC(C)c1cc(-c2[c-]cccc2)ncc1[Si](C)(C)C.CC(C)c1ccc2c(n1)oc1c(-c3cc(CC4CC5CCC4CC5)ccn3)[c-]ccc12.[Ir]. The molecule has 0 N–H and O–H groups in total. The van der Waals surface area contributed by atoms with Gasteiger partial charge in [-0.2, -0.15) is 0 Å². The fraction of sp³-hybridized carbons (Fsp3) is 0.400. The summed E-state index contributed by atoms with van der Waals surface area (Å²) in [6.07, 6.45) is 12.4. The van der Waals surface area contributed by atoms with Crippen molar-refractivity contribution in [3.05, 3.63) is 108 Å². The van der Waals surface area contributed by atoms with E-state index in [1.165, 1.54) is 54.8 Å². The van der Waals surface area contributed by atoms with E-state index < -0.39 is 8.07 Å². The summed E-state index contributed by atoms with van der Waals surface area (Å²) < 4.78 is 6.28. The monoisotopic (exact) mass is 870 g/mol. The summed E-state index contributed by atoms with van der Waals surface area (Å²) in [6, 6.07) is 29.7. The van der Waals surface area contributed by atoms with E-state index in [0.717, 1.165) is 62.3 Å². The number of aromatic nitrogens is 3. The van der Waals surface area contributed by atoms with Gasteiger partial charge in [0.05, 0.1) is 13.7 Å². The van der Waals surface area contributed by atoms with E-state index in [1.54, 1.807) is 0 Å². The summed E-state index contributed by atoms with van der Waals surface area (Å²) in [7, 11) is -1.34. The fourth-order valence-corrected chi connectivity index (χ4v) is 9.91. The van der Waals surface area contributed by atoms with Gasteiger partial charge in [0.15, 0.2) is 0 Å². The number of pyridine rings is 3. The van der Waals surface area contributed by atoms with Crippen LogP contribution in [0.15, 0.2) is 83.5 Å². The van der Waals surface area contributed by atoms with Crippen LogP contribution in [0.4, 0.5) is 0 Å². The Balaban J connectivity index is 0.000000194. The molecule has 0 spiro atoms. The van der Waals surface area contributed by atoms with Gasteiger partial charge in [-0.1, -0.05) is 94.4 Å². The predicted octanol–water partition coefficient (Wildman–Crippen LogP) is 11.6. The second-order valence-corrected chi connectivity index (χ2v) is 21.3. The molecule has 6 aromatic rings. The van der Waals surface area contributed by atoms with Crippen molar-refractivity contribution >= 4 is 35.3 Å². The molecule has 1 atom stereocenters. The average Bonchev–Trinajstić information content (AvgIpc) is 3.50. The molecule has 3 saturated carbocycles. The number of benzene rings is 2. The van der Waals surface area contributed by atoms with Crippen molar-refractivity contribution in [3.63, 3.8) is 0 Å². The van der Waals surface area contributed by atoms with Crippen LogP contribution >= 0.6 is 0 Å². The summed E-state index contributed by atoms with van der Waals surface area (Å²) >= 11 is 0. The van der Waals surface area contributed by atoms with Gasteiger partial charge < -0.3 is 14.4 Å². The van der Waals surface area contributed by atoms with Gasteiger partial charge in [0.25, 0.3) is 0 Å². The number of fused-ring (bicyclic) bond motifs is 6. The summed E-state index contributed by atoms with van der Waals surface area (Å²) in [5, 5.41) is 3.62. The van der Waals surface area contributed by atoms with Crippen molar-refractivity contribution in [2.24, 2.45) is 17.8 Å². The van der Waals surface area contributed by atoms with Crippen molar-refractivity contribution in [1.82, 2.24) is 15.0 Å². The molecule has 2 aromatic carbocycles. The van der Waals surface area contributed by atoms with Gasteiger partial charge in [0.1, 0.15) is 0 Å². The van der Waals surface area contributed by atoms with E-state index in [0.29, 0.717) is 17.5 Å². The zero-order chi connectivity index (χ0) is 35.0. The first-order valence-electron chi connectivity index (χ1n) is 18.7. The van der Waals surface area contributed by atoms with Gasteiger partial charge >= 0.3 is 0 Å². The molecule has 3 fully saturated rings. The normalized spacial score (nSPS) is 18.6. The van der Waals surface area contributed by atoms with Gasteiger partial charge in [-0.05, 0) is 90.0 Å². The maximum absolute atomic E-state index is 6.28. The molecule has 4 aromatic heterocycles. The zero-order valence-corrected chi connectivity index (χ0v) is 34.6. The molecular formula is C45H51IrN3OSi-2. The number of furan rings is 1. The molecule has 0 saturated heterocycles. The van der Waals surface area contributed by atoms with E-state index in [-0.39, 0.29) is 20.1 Å². The van der Waals surface area contributed by atoms with Crippen LogP contribution in [0.25, 0.3) is 44.6 Å². The first kappa shape index (κ1) is 37.3. The van der Waals surface area contributed by atoms with E-state index in [4.69, 9.17) is 14.4 Å². The van der Waals surface area contributed by atoms with Gasteiger partial charge in [0, 0.05) is 43.6 Å². The summed E-state index contributed by atoms with van der Waals surface area (Å²) in [5.41, 5.74) is 9.44. The second-order valence-electron chi connectivity index (χ2n) is 16.3. The van der Waals surface area contributed by atoms with Crippen molar-refractivity contribution in [2.75, 3.05) is 0 Å². The summed E-state index contributed by atoms with van der Waals surface area (Å²) in [4.78, 5) is 14.1. The molecule has 0 aliphatic heterocycles. The van der Waals surface area contributed by atoms with Crippen molar-refractivity contribution in [1.29, 1.82) is 0 Å². The van der Waals surface area contributed by atoms with Crippen LogP contribution in [0.5, 0.6) is 0 Å². The van der Waals surface area contributed by atoms with Crippen molar-refractivity contribution in [3.8, 4) is 22.5 Å². The molecule has 51 heavy (non-hydrogen) atoms. The zero-order valence-electron chi connectivity index (χ0n) is 31.2. The Morgan fingerprint density at radius 1 is 0.824 bits per heavy atom. The van der Waals surface area contributed by atoms with Crippen LogP contribution in [0, 0.1) is 29.9 Å². The molecule has 3 aliphatic rings. The third-order valence-electron chi connectivity index (χ3n) is 11.0. The van der Waals surface area contributed by atoms with E-state index in [2.05, 4.69) is 113 Å². The molecule has 4 nitrogen and oxygen atoms in total. The number of nitrogens with zero attached hydrogens (tertiary/aromatic N) is 3. The molecule has 1 unspecified atom stereocenters. The second kappa shape index (κ2) is 15.7. The first-order chi connectivity index (χ1) is 24.0. The Bertz CT molecular complexity index is 2090. The van der Waals surface area contributed by atoms with Gasteiger partial charge in [-0.3, -0.25) is 0 Å². The average molecular weight is 870 g/mol. The molecule has 0 amide bonds. The van der Waals surface area contributed by atoms with Crippen LogP contribution in [-0.2, 0) is 26.5 Å². The van der Waals surface area contributed by atoms with E-state index in [1.807, 2.05) is 30.5 Å². The van der Waals surface area contributed by atoms with Crippen LogP contribution < -0.4 is 5.19 Å². The molecule has 2 bridgehead atoms. The van der Waals surface area contributed by atoms with Crippen molar-refractivity contribution < 1.29 is 24.5 Å². The maximum Gasteiger partial charge on any atom is 0.216 e. The van der Waals surface area contributed by atoms with Crippen LogP contribution in [0.3, 0.4) is 0 Å². The molecule has 6 heteroatoms. The molecule has 267 valence electrons. The quantitative estimate of drug-likeness (QED) is 0.118. The Morgan fingerprint density at radius 3 is 2.29 bits per heavy atom.